The number of halogens is 1. The van der Waals surface area contributed by atoms with Crippen molar-refractivity contribution in [3.8, 4) is 0 Å². The molecule has 0 amide bonds. The van der Waals surface area contributed by atoms with Crippen LogP contribution in [0.4, 0.5) is 4.39 Å². The molecule has 0 spiro atoms. The van der Waals surface area contributed by atoms with Crippen molar-refractivity contribution in [1.82, 2.24) is 0 Å². The van der Waals surface area contributed by atoms with Gasteiger partial charge >= 0.3 is 0 Å². The Balaban J connectivity index is 0.000000810. The maximum absolute atomic E-state index is 12.6. The third-order valence-electron chi connectivity index (χ3n) is 1.33. The van der Waals surface area contributed by atoms with Crippen molar-refractivity contribution in [3.05, 3.63) is 35.1 Å². The van der Waals surface area contributed by atoms with Gasteiger partial charge in [-0.1, -0.05) is 19.6 Å². The van der Waals surface area contributed by atoms with E-state index in [1.54, 1.807) is 13.0 Å². The molecule has 0 aliphatic heterocycles. The monoisotopic (exact) mass is 140 g/mol. The van der Waals surface area contributed by atoms with Crippen LogP contribution in [-0.2, 0) is 0 Å². The van der Waals surface area contributed by atoms with E-state index in [1.807, 2.05) is 13.0 Å². The number of hydrogen-bond acceptors (Lipinski definition) is 0. The summed E-state index contributed by atoms with van der Waals surface area (Å²) in [7, 11) is 0. The summed E-state index contributed by atoms with van der Waals surface area (Å²) < 4.78 is 12.6. The SMILES string of the molecule is C.Cc1ccc(C)c(F)c1. The molecule has 0 bridgehead atoms. The Kier molecular flexibility index (Phi) is 3.07. The smallest absolute Gasteiger partial charge is 0.126 e. The molecule has 0 aliphatic rings. The van der Waals surface area contributed by atoms with Crippen LogP contribution in [0.2, 0.25) is 0 Å². The number of benzene rings is 1. The molecule has 1 aromatic rings. The van der Waals surface area contributed by atoms with Crippen LogP contribution in [-0.4, -0.2) is 0 Å². The van der Waals surface area contributed by atoms with Gasteiger partial charge in [-0.2, -0.15) is 0 Å². The molecule has 0 nitrogen and oxygen atoms in total. The van der Waals surface area contributed by atoms with Gasteiger partial charge in [0, 0.05) is 0 Å². The first kappa shape index (κ1) is 9.15. The van der Waals surface area contributed by atoms with Crippen LogP contribution >= 0.6 is 0 Å². The lowest BCUT2D eigenvalue weighted by Crippen LogP contribution is -1.81. The largest absolute Gasteiger partial charge is 0.207 e. The minimum absolute atomic E-state index is 0. The standard InChI is InChI=1S/C8H9F.CH4/c1-6-3-4-7(2)8(9)5-6;/h3-5H,1-2H3;1H4. The molecule has 0 N–H and O–H groups in total. The molecular formula is C9H13F. The summed E-state index contributed by atoms with van der Waals surface area (Å²) in [6.45, 7) is 3.64. The fourth-order valence-electron chi connectivity index (χ4n) is 0.698. The molecule has 0 atom stereocenters. The first-order valence-electron chi connectivity index (χ1n) is 2.93. The summed E-state index contributed by atoms with van der Waals surface area (Å²) in [6.07, 6.45) is 0. The van der Waals surface area contributed by atoms with Gasteiger partial charge in [0.25, 0.3) is 0 Å². The Labute approximate surface area is 61.7 Å². The van der Waals surface area contributed by atoms with Crippen molar-refractivity contribution in [1.29, 1.82) is 0 Å². The Morgan fingerprint density at radius 3 is 2.20 bits per heavy atom. The predicted octanol–water partition coefficient (Wildman–Crippen LogP) is 3.08. The van der Waals surface area contributed by atoms with Crippen LogP contribution < -0.4 is 0 Å². The maximum atomic E-state index is 12.6. The molecule has 1 aromatic carbocycles. The first-order chi connectivity index (χ1) is 4.20. The second-order valence-corrected chi connectivity index (χ2v) is 2.25. The normalized spacial score (nSPS) is 8.70. The summed E-state index contributed by atoms with van der Waals surface area (Å²) in [5.74, 6) is -0.116. The molecule has 0 saturated heterocycles. The number of aryl methyl sites for hydroxylation is 2. The van der Waals surface area contributed by atoms with Crippen molar-refractivity contribution in [2.75, 3.05) is 0 Å². The molecule has 0 aliphatic carbocycles. The maximum Gasteiger partial charge on any atom is 0.126 e. The molecular weight excluding hydrogens is 127 g/mol. The van der Waals surface area contributed by atoms with Gasteiger partial charge in [0.15, 0.2) is 0 Å². The van der Waals surface area contributed by atoms with Gasteiger partial charge in [0.1, 0.15) is 5.82 Å². The number of hydrogen-bond donors (Lipinski definition) is 0. The first-order valence-corrected chi connectivity index (χ1v) is 2.93. The average molecular weight is 140 g/mol. The molecule has 0 fully saturated rings. The lowest BCUT2D eigenvalue weighted by atomic mass is 10.2. The topological polar surface area (TPSA) is 0 Å². The highest BCUT2D eigenvalue weighted by atomic mass is 19.1. The predicted molar refractivity (Wildman–Crippen MR) is 42.6 cm³/mol. The van der Waals surface area contributed by atoms with Gasteiger partial charge in [0.2, 0.25) is 0 Å². The lowest BCUT2D eigenvalue weighted by Gasteiger charge is -1.94. The Bertz CT molecular complexity index is 216. The van der Waals surface area contributed by atoms with E-state index in [0.717, 1.165) is 5.56 Å². The highest BCUT2D eigenvalue weighted by Gasteiger charge is 1.93. The van der Waals surface area contributed by atoms with E-state index in [0.29, 0.717) is 5.56 Å². The molecule has 0 unspecified atom stereocenters. The van der Waals surface area contributed by atoms with Crippen LogP contribution in [0.5, 0.6) is 0 Å². The summed E-state index contributed by atoms with van der Waals surface area (Å²) >= 11 is 0. The van der Waals surface area contributed by atoms with E-state index in [1.165, 1.54) is 6.07 Å². The zero-order chi connectivity index (χ0) is 6.85. The van der Waals surface area contributed by atoms with E-state index >= 15 is 0 Å². The van der Waals surface area contributed by atoms with E-state index < -0.39 is 0 Å². The quantitative estimate of drug-likeness (QED) is 0.519. The number of rotatable bonds is 0. The molecule has 0 heterocycles. The van der Waals surface area contributed by atoms with Crippen molar-refractivity contribution in [2.45, 2.75) is 21.3 Å². The second-order valence-electron chi connectivity index (χ2n) is 2.25. The molecule has 1 rings (SSSR count). The van der Waals surface area contributed by atoms with Gasteiger partial charge < -0.3 is 0 Å². The second kappa shape index (κ2) is 3.35. The van der Waals surface area contributed by atoms with Gasteiger partial charge in [-0.05, 0) is 31.0 Å². The van der Waals surface area contributed by atoms with Crippen molar-refractivity contribution in [2.24, 2.45) is 0 Å². The average Bonchev–Trinajstić information content (AvgIpc) is 1.80. The molecule has 0 aromatic heterocycles. The zero-order valence-corrected chi connectivity index (χ0v) is 5.61. The molecule has 0 saturated carbocycles. The van der Waals surface area contributed by atoms with Crippen molar-refractivity contribution < 1.29 is 4.39 Å². The van der Waals surface area contributed by atoms with Crippen LogP contribution in [0.25, 0.3) is 0 Å². The van der Waals surface area contributed by atoms with Gasteiger partial charge in [0.05, 0.1) is 0 Å². The molecule has 1 heteroatoms. The molecule has 56 valence electrons. The summed E-state index contributed by atoms with van der Waals surface area (Å²) in [4.78, 5) is 0. The minimum Gasteiger partial charge on any atom is -0.207 e. The van der Waals surface area contributed by atoms with Crippen LogP contribution in [0.3, 0.4) is 0 Å². The van der Waals surface area contributed by atoms with Gasteiger partial charge in [-0.25, -0.2) is 4.39 Å². The van der Waals surface area contributed by atoms with E-state index in [2.05, 4.69) is 0 Å². The Morgan fingerprint density at radius 1 is 1.20 bits per heavy atom. The minimum atomic E-state index is -0.116. The van der Waals surface area contributed by atoms with Gasteiger partial charge in [-0.15, -0.1) is 0 Å². The fraction of sp³-hybridized carbons (Fsp3) is 0.333. The highest BCUT2D eigenvalue weighted by molar-refractivity contribution is 5.21. The van der Waals surface area contributed by atoms with E-state index in [9.17, 15) is 4.39 Å². The third kappa shape index (κ3) is 1.83. The molecule has 10 heavy (non-hydrogen) atoms. The van der Waals surface area contributed by atoms with Crippen LogP contribution in [0.1, 0.15) is 18.6 Å². The Morgan fingerprint density at radius 2 is 1.80 bits per heavy atom. The third-order valence-corrected chi connectivity index (χ3v) is 1.33. The highest BCUT2D eigenvalue weighted by Crippen LogP contribution is 2.06. The van der Waals surface area contributed by atoms with Crippen molar-refractivity contribution in [3.63, 3.8) is 0 Å². The Hall–Kier alpha value is -0.850. The zero-order valence-electron chi connectivity index (χ0n) is 5.61. The fourth-order valence-corrected chi connectivity index (χ4v) is 0.698. The summed E-state index contributed by atoms with van der Waals surface area (Å²) in [5.41, 5.74) is 1.68. The summed E-state index contributed by atoms with van der Waals surface area (Å²) in [6, 6.07) is 5.22. The van der Waals surface area contributed by atoms with Gasteiger partial charge in [-0.3, -0.25) is 0 Å². The van der Waals surface area contributed by atoms with Crippen molar-refractivity contribution >= 4 is 0 Å². The van der Waals surface area contributed by atoms with E-state index in [4.69, 9.17) is 0 Å². The lowest BCUT2D eigenvalue weighted by molar-refractivity contribution is 0.617. The van der Waals surface area contributed by atoms with E-state index in [-0.39, 0.29) is 13.2 Å². The summed E-state index contributed by atoms with van der Waals surface area (Å²) in [5, 5.41) is 0. The van der Waals surface area contributed by atoms with Crippen LogP contribution in [0.15, 0.2) is 18.2 Å². The molecule has 0 radical (unpaired) electrons. The van der Waals surface area contributed by atoms with Crippen LogP contribution in [0, 0.1) is 19.7 Å².